The van der Waals surface area contributed by atoms with E-state index in [0.29, 0.717) is 23.5 Å². The summed E-state index contributed by atoms with van der Waals surface area (Å²) in [7, 11) is -3.24. The summed E-state index contributed by atoms with van der Waals surface area (Å²) in [5.41, 5.74) is -0.894. The number of carbonyl (C=O) groups is 1. The molecule has 0 saturated heterocycles. The zero-order valence-electron chi connectivity index (χ0n) is 20.9. The number of thiazole rings is 1. The number of hydrogen-bond donors (Lipinski definition) is 2. The fourth-order valence-electron chi connectivity index (χ4n) is 4.81. The SMILES string of the molecule is COc1cc(C(=O)O)c(F)cc1NS(=O)(=O)c1csc(-c2ccc([C@H]3CC[C@H](C(C)C)CC3)c(F)c2F)n1. The third-order valence-electron chi connectivity index (χ3n) is 7.02. The number of aromatic nitrogens is 1. The summed E-state index contributed by atoms with van der Waals surface area (Å²) in [4.78, 5) is 15.1. The highest BCUT2D eigenvalue weighted by molar-refractivity contribution is 7.92. The van der Waals surface area contributed by atoms with Crippen LogP contribution in [0.5, 0.6) is 5.75 Å². The summed E-state index contributed by atoms with van der Waals surface area (Å²) in [5.74, 6) is -3.95. The van der Waals surface area contributed by atoms with Gasteiger partial charge in [-0.1, -0.05) is 19.9 Å². The van der Waals surface area contributed by atoms with E-state index in [1.165, 1.54) is 6.07 Å². The number of carboxylic acid groups (broad SMARTS) is 1. The second kappa shape index (κ2) is 10.9. The van der Waals surface area contributed by atoms with Crippen LogP contribution < -0.4 is 9.46 Å². The van der Waals surface area contributed by atoms with Gasteiger partial charge in [0.05, 0.1) is 18.4 Å². The van der Waals surface area contributed by atoms with E-state index >= 15 is 8.78 Å². The van der Waals surface area contributed by atoms with Gasteiger partial charge in [-0.2, -0.15) is 8.42 Å². The number of methoxy groups -OCH3 is 1. The largest absolute Gasteiger partial charge is 0.495 e. The van der Waals surface area contributed by atoms with E-state index in [4.69, 9.17) is 9.84 Å². The second-order valence-electron chi connectivity index (χ2n) is 9.62. The first-order valence-corrected chi connectivity index (χ1v) is 14.4. The van der Waals surface area contributed by atoms with Crippen LogP contribution in [0.3, 0.4) is 0 Å². The average molecular weight is 569 g/mol. The molecule has 0 aliphatic heterocycles. The number of aromatic carboxylic acids is 1. The van der Waals surface area contributed by atoms with E-state index in [0.717, 1.165) is 55.6 Å². The predicted molar refractivity (Wildman–Crippen MR) is 138 cm³/mol. The Balaban J connectivity index is 1.58. The number of hydrogen-bond acceptors (Lipinski definition) is 6. The maximum absolute atomic E-state index is 15.1. The van der Waals surface area contributed by atoms with Crippen LogP contribution in [0, 0.1) is 29.3 Å². The molecule has 2 aromatic carbocycles. The standard InChI is InChI=1S/C26H27F3N2O5S2/c1-13(2)14-4-6-15(7-5-14)16-8-9-17(24(29)23(16)28)25-30-22(12-37-25)38(34,35)31-20-11-19(27)18(26(32)33)10-21(20)36-3/h8-15,31H,4-7H2,1-3H3,(H,32,33)/t14-,15-. The molecule has 1 heterocycles. The summed E-state index contributed by atoms with van der Waals surface area (Å²) in [5, 5.41) is 9.66. The zero-order chi connectivity index (χ0) is 27.8. The molecule has 0 spiro atoms. The highest BCUT2D eigenvalue weighted by Gasteiger charge is 2.29. The van der Waals surface area contributed by atoms with Crippen molar-refractivity contribution in [1.29, 1.82) is 0 Å². The molecule has 7 nitrogen and oxygen atoms in total. The normalized spacial score (nSPS) is 18.0. The first kappa shape index (κ1) is 27.9. The molecule has 0 radical (unpaired) electrons. The molecular weight excluding hydrogens is 541 g/mol. The van der Waals surface area contributed by atoms with Gasteiger partial charge < -0.3 is 9.84 Å². The molecule has 0 amide bonds. The first-order valence-electron chi connectivity index (χ1n) is 12.0. The van der Waals surface area contributed by atoms with Gasteiger partial charge in [-0.3, -0.25) is 4.72 Å². The van der Waals surface area contributed by atoms with Crippen molar-refractivity contribution in [2.24, 2.45) is 11.8 Å². The summed E-state index contributed by atoms with van der Waals surface area (Å²) in [6.45, 7) is 4.34. The van der Waals surface area contributed by atoms with Crippen LogP contribution >= 0.6 is 11.3 Å². The van der Waals surface area contributed by atoms with Crippen molar-refractivity contribution in [2.45, 2.75) is 50.5 Å². The van der Waals surface area contributed by atoms with Gasteiger partial charge in [-0.05, 0) is 61.1 Å². The summed E-state index contributed by atoms with van der Waals surface area (Å²) >= 11 is 0.807. The fourth-order valence-corrected chi connectivity index (χ4v) is 6.99. The van der Waals surface area contributed by atoms with Crippen LogP contribution in [0.15, 0.2) is 34.7 Å². The van der Waals surface area contributed by atoms with Crippen molar-refractivity contribution < 1.29 is 36.2 Å². The minimum absolute atomic E-state index is 0.0452. The number of rotatable bonds is 8. The Labute approximate surface area is 222 Å². The lowest BCUT2D eigenvalue weighted by atomic mass is 9.74. The highest BCUT2D eigenvalue weighted by atomic mass is 32.2. The maximum atomic E-state index is 15.1. The molecule has 1 aliphatic carbocycles. The predicted octanol–water partition coefficient (Wildman–Crippen LogP) is 6.66. The molecule has 0 atom stereocenters. The van der Waals surface area contributed by atoms with Gasteiger partial charge in [0.15, 0.2) is 16.7 Å². The number of sulfonamides is 1. The third-order valence-corrected chi connectivity index (χ3v) is 9.29. The van der Waals surface area contributed by atoms with Crippen LogP contribution in [0.1, 0.15) is 61.4 Å². The van der Waals surface area contributed by atoms with Gasteiger partial charge in [-0.25, -0.2) is 22.9 Å². The Morgan fingerprint density at radius 2 is 1.82 bits per heavy atom. The molecule has 4 rings (SSSR count). The van der Waals surface area contributed by atoms with Crippen molar-refractivity contribution in [3.63, 3.8) is 0 Å². The summed E-state index contributed by atoms with van der Waals surface area (Å²) in [6.07, 6.45) is 3.47. The van der Waals surface area contributed by atoms with Gasteiger partial charge in [0.2, 0.25) is 0 Å². The highest BCUT2D eigenvalue weighted by Crippen LogP contribution is 2.41. The van der Waals surface area contributed by atoms with Crippen LogP contribution in [0.4, 0.5) is 18.9 Å². The number of halogens is 3. The van der Waals surface area contributed by atoms with Crippen molar-refractivity contribution in [2.75, 3.05) is 11.8 Å². The Morgan fingerprint density at radius 3 is 2.42 bits per heavy atom. The fraction of sp³-hybridized carbons (Fsp3) is 0.385. The van der Waals surface area contributed by atoms with Crippen molar-refractivity contribution in [3.8, 4) is 16.3 Å². The van der Waals surface area contributed by atoms with Gasteiger partial charge in [-0.15, -0.1) is 11.3 Å². The van der Waals surface area contributed by atoms with Gasteiger partial charge >= 0.3 is 5.97 Å². The van der Waals surface area contributed by atoms with Gasteiger partial charge in [0.25, 0.3) is 10.0 Å². The molecule has 0 unspecified atom stereocenters. The molecule has 204 valence electrons. The number of benzene rings is 2. The molecule has 1 fully saturated rings. The summed E-state index contributed by atoms with van der Waals surface area (Å²) in [6, 6.07) is 4.47. The Morgan fingerprint density at radius 1 is 1.13 bits per heavy atom. The Kier molecular flexibility index (Phi) is 8.03. The average Bonchev–Trinajstić information content (AvgIpc) is 3.36. The smallest absolute Gasteiger partial charge is 0.338 e. The molecule has 38 heavy (non-hydrogen) atoms. The first-order chi connectivity index (χ1) is 17.9. The molecule has 2 N–H and O–H groups in total. The van der Waals surface area contributed by atoms with E-state index in [2.05, 4.69) is 23.6 Å². The number of nitrogens with one attached hydrogen (secondary N) is 1. The molecule has 3 aromatic rings. The third kappa shape index (κ3) is 5.51. The molecule has 0 bridgehead atoms. The molecule has 1 aromatic heterocycles. The topological polar surface area (TPSA) is 106 Å². The van der Waals surface area contributed by atoms with Crippen molar-refractivity contribution in [3.05, 3.63) is 58.2 Å². The lowest BCUT2D eigenvalue weighted by Gasteiger charge is -2.31. The van der Waals surface area contributed by atoms with Crippen LogP contribution in [-0.4, -0.2) is 31.6 Å². The molecule has 1 saturated carbocycles. The quantitative estimate of drug-likeness (QED) is 0.315. The van der Waals surface area contributed by atoms with Crippen LogP contribution in [-0.2, 0) is 10.0 Å². The number of ether oxygens (including phenoxy) is 1. The van der Waals surface area contributed by atoms with Crippen molar-refractivity contribution >= 4 is 33.0 Å². The summed E-state index contributed by atoms with van der Waals surface area (Å²) < 4.78 is 77.3. The van der Waals surface area contributed by atoms with Crippen LogP contribution in [0.25, 0.3) is 10.6 Å². The van der Waals surface area contributed by atoms with E-state index in [-0.39, 0.29) is 27.9 Å². The number of carboxylic acids is 1. The van der Waals surface area contributed by atoms with Crippen LogP contribution in [0.2, 0.25) is 0 Å². The lowest BCUT2D eigenvalue weighted by Crippen LogP contribution is -2.18. The van der Waals surface area contributed by atoms with E-state index in [1.807, 2.05) is 0 Å². The monoisotopic (exact) mass is 568 g/mol. The maximum Gasteiger partial charge on any atom is 0.338 e. The molecule has 12 heteroatoms. The minimum atomic E-state index is -4.40. The van der Waals surface area contributed by atoms with E-state index in [9.17, 15) is 17.6 Å². The number of nitrogens with zero attached hydrogens (tertiary/aromatic N) is 1. The van der Waals surface area contributed by atoms with E-state index < -0.39 is 44.0 Å². The van der Waals surface area contributed by atoms with Crippen molar-refractivity contribution in [1.82, 2.24) is 4.98 Å². The van der Waals surface area contributed by atoms with E-state index in [1.54, 1.807) is 6.07 Å². The molecule has 1 aliphatic rings. The second-order valence-corrected chi connectivity index (χ2v) is 12.1. The lowest BCUT2D eigenvalue weighted by molar-refractivity contribution is 0.0691. The minimum Gasteiger partial charge on any atom is -0.495 e. The number of anilines is 1. The zero-order valence-corrected chi connectivity index (χ0v) is 22.6. The Bertz CT molecular complexity index is 1470. The molecular formula is C26H27F3N2O5S2. The van der Waals surface area contributed by atoms with Gasteiger partial charge in [0, 0.05) is 17.0 Å². The van der Waals surface area contributed by atoms with Gasteiger partial charge in [0.1, 0.15) is 16.6 Å². The Hall–Kier alpha value is -3.12.